The summed E-state index contributed by atoms with van der Waals surface area (Å²) in [7, 11) is 0. The summed E-state index contributed by atoms with van der Waals surface area (Å²) in [5.41, 5.74) is 0.792. The van der Waals surface area contributed by atoms with Crippen LogP contribution in [0.4, 0.5) is 19.0 Å². The minimum atomic E-state index is -4.72. The number of rotatable bonds is 12. The van der Waals surface area contributed by atoms with E-state index in [9.17, 15) is 27.9 Å². The molecule has 1 aliphatic heterocycles. The number of anilines is 1. The molecule has 0 saturated heterocycles. The number of aromatic nitrogens is 3. The number of amides is 1. The number of aryl methyl sites for hydroxylation is 2. The molecule has 1 amide bonds. The predicted octanol–water partition coefficient (Wildman–Crippen LogP) is 3.14. The highest BCUT2D eigenvalue weighted by atomic mass is 19.4. The van der Waals surface area contributed by atoms with Gasteiger partial charge in [-0.05, 0) is 56.6 Å². The minimum Gasteiger partial charge on any atom is -0.480 e. The van der Waals surface area contributed by atoms with E-state index in [0.717, 1.165) is 67.1 Å². The molecule has 1 saturated carbocycles. The van der Waals surface area contributed by atoms with Crippen molar-refractivity contribution in [1.29, 1.82) is 0 Å². The first kappa shape index (κ1) is 25.9. The van der Waals surface area contributed by atoms with Crippen molar-refractivity contribution in [2.45, 2.75) is 69.1 Å². The van der Waals surface area contributed by atoms with Crippen LogP contribution in [0.1, 0.15) is 55.6 Å². The van der Waals surface area contributed by atoms with Gasteiger partial charge >= 0.3 is 12.1 Å². The van der Waals surface area contributed by atoms with E-state index in [0.29, 0.717) is 6.61 Å². The first-order chi connectivity index (χ1) is 17.2. The molecule has 2 aromatic rings. The maximum Gasteiger partial charge on any atom is 0.449 e. The van der Waals surface area contributed by atoms with Gasteiger partial charge in [0.05, 0.1) is 0 Å². The SMILES string of the molecule is O=C(O)C(CCOCCCCc1ccc2c(n1)NCCC2)NC(=O)C1(n2ccnc2C(F)(F)F)CC1. The number of nitrogens with zero attached hydrogens (tertiary/aromatic N) is 3. The van der Waals surface area contributed by atoms with Crippen LogP contribution in [-0.2, 0) is 38.9 Å². The Morgan fingerprint density at radius 2 is 2.06 bits per heavy atom. The molecular formula is C24H30F3N5O4. The fourth-order valence-electron chi connectivity index (χ4n) is 4.43. The highest BCUT2D eigenvalue weighted by molar-refractivity contribution is 5.91. The van der Waals surface area contributed by atoms with Crippen molar-refractivity contribution in [3.63, 3.8) is 0 Å². The largest absolute Gasteiger partial charge is 0.480 e. The summed E-state index contributed by atoms with van der Waals surface area (Å²) in [6, 6.07) is 2.89. The van der Waals surface area contributed by atoms with Crippen LogP contribution >= 0.6 is 0 Å². The number of hydrogen-bond donors (Lipinski definition) is 3. The van der Waals surface area contributed by atoms with Crippen molar-refractivity contribution < 1.29 is 32.6 Å². The molecule has 1 unspecified atom stereocenters. The molecule has 0 bridgehead atoms. The summed E-state index contributed by atoms with van der Waals surface area (Å²) in [5.74, 6) is -2.23. The van der Waals surface area contributed by atoms with Gasteiger partial charge in [0.1, 0.15) is 17.4 Å². The monoisotopic (exact) mass is 509 g/mol. The van der Waals surface area contributed by atoms with E-state index in [1.54, 1.807) is 0 Å². The lowest BCUT2D eigenvalue weighted by molar-refractivity contribution is -0.150. The number of carbonyl (C=O) groups excluding carboxylic acids is 1. The number of imidazole rings is 1. The van der Waals surface area contributed by atoms with Crippen LogP contribution in [0.3, 0.4) is 0 Å². The van der Waals surface area contributed by atoms with E-state index in [2.05, 4.69) is 26.7 Å². The fourth-order valence-corrected chi connectivity index (χ4v) is 4.43. The Kier molecular flexibility index (Phi) is 7.82. The van der Waals surface area contributed by atoms with Crippen LogP contribution in [-0.4, -0.2) is 57.3 Å². The maximum absolute atomic E-state index is 13.2. The van der Waals surface area contributed by atoms with Gasteiger partial charge in [-0.25, -0.2) is 14.8 Å². The second-order valence-corrected chi connectivity index (χ2v) is 9.21. The molecule has 12 heteroatoms. The van der Waals surface area contributed by atoms with E-state index >= 15 is 0 Å². The van der Waals surface area contributed by atoms with Gasteiger partial charge in [-0.3, -0.25) is 4.79 Å². The number of aliphatic carboxylic acids is 1. The summed E-state index contributed by atoms with van der Waals surface area (Å²) in [6.45, 7) is 1.47. The van der Waals surface area contributed by atoms with Crippen molar-refractivity contribution in [3.8, 4) is 0 Å². The lowest BCUT2D eigenvalue weighted by atomic mass is 10.1. The molecule has 36 heavy (non-hydrogen) atoms. The van der Waals surface area contributed by atoms with Crippen LogP contribution in [0.15, 0.2) is 24.5 Å². The Balaban J connectivity index is 1.19. The molecule has 0 aromatic carbocycles. The van der Waals surface area contributed by atoms with Gasteiger partial charge in [0.2, 0.25) is 11.7 Å². The van der Waals surface area contributed by atoms with Gasteiger partial charge in [-0.1, -0.05) is 6.07 Å². The number of hydrogen-bond acceptors (Lipinski definition) is 6. The average Bonchev–Trinajstić information content (AvgIpc) is 3.49. The Morgan fingerprint density at radius 1 is 1.25 bits per heavy atom. The Hall–Kier alpha value is -3.15. The zero-order chi connectivity index (χ0) is 25.8. The van der Waals surface area contributed by atoms with Crippen molar-refractivity contribution >= 4 is 17.7 Å². The summed E-state index contributed by atoms with van der Waals surface area (Å²) in [4.78, 5) is 32.4. The second kappa shape index (κ2) is 10.9. The third kappa shape index (κ3) is 5.97. The highest BCUT2D eigenvalue weighted by Crippen LogP contribution is 2.46. The molecule has 0 radical (unpaired) electrons. The number of pyridine rings is 1. The van der Waals surface area contributed by atoms with E-state index in [-0.39, 0.29) is 25.9 Å². The summed E-state index contributed by atoms with van der Waals surface area (Å²) < 4.78 is 46.0. The molecule has 9 nitrogen and oxygen atoms in total. The molecule has 196 valence electrons. The van der Waals surface area contributed by atoms with E-state index in [1.807, 2.05) is 6.07 Å². The number of ether oxygens (including phenoxy) is 1. The molecular weight excluding hydrogens is 479 g/mol. The van der Waals surface area contributed by atoms with Crippen molar-refractivity contribution in [2.75, 3.05) is 25.1 Å². The van der Waals surface area contributed by atoms with Crippen LogP contribution in [0.25, 0.3) is 0 Å². The number of nitrogens with one attached hydrogen (secondary N) is 2. The quantitative estimate of drug-likeness (QED) is 0.376. The van der Waals surface area contributed by atoms with Gasteiger partial charge in [-0.15, -0.1) is 0 Å². The van der Waals surface area contributed by atoms with Crippen LogP contribution in [0.2, 0.25) is 0 Å². The number of carbonyl (C=O) groups is 2. The summed E-state index contributed by atoms with van der Waals surface area (Å²) >= 11 is 0. The van der Waals surface area contributed by atoms with Crippen molar-refractivity contribution in [1.82, 2.24) is 19.9 Å². The smallest absolute Gasteiger partial charge is 0.449 e. The molecule has 3 heterocycles. The molecule has 0 spiro atoms. The first-order valence-corrected chi connectivity index (χ1v) is 12.2. The molecule has 1 aliphatic carbocycles. The Morgan fingerprint density at radius 3 is 2.78 bits per heavy atom. The standard InChI is InChI=1S/C24H30F3N5O4/c25-24(26,27)21-29-12-13-32(21)23(9-10-23)22(35)31-18(20(33)34)8-15-36-14-2-1-5-17-7-6-16-4-3-11-28-19(16)30-17/h6-7,12-13,18H,1-5,8-11,14-15H2,(H,28,30)(H,31,35)(H,33,34). The molecule has 2 aromatic heterocycles. The number of halogens is 3. The first-order valence-electron chi connectivity index (χ1n) is 12.2. The lowest BCUT2D eigenvalue weighted by Gasteiger charge is -2.23. The van der Waals surface area contributed by atoms with Crippen molar-refractivity contribution in [3.05, 3.63) is 41.6 Å². The number of fused-ring (bicyclic) bond motifs is 1. The zero-order valence-electron chi connectivity index (χ0n) is 19.8. The van der Waals surface area contributed by atoms with Gasteiger partial charge < -0.3 is 25.0 Å². The second-order valence-electron chi connectivity index (χ2n) is 9.21. The van der Waals surface area contributed by atoms with Gasteiger partial charge in [0.25, 0.3) is 0 Å². The van der Waals surface area contributed by atoms with Gasteiger partial charge in [0.15, 0.2) is 0 Å². The third-order valence-electron chi connectivity index (χ3n) is 6.58. The average molecular weight is 510 g/mol. The number of carboxylic acids is 1. The predicted molar refractivity (Wildman–Crippen MR) is 123 cm³/mol. The molecule has 2 aliphatic rings. The van der Waals surface area contributed by atoms with Gasteiger partial charge in [-0.2, -0.15) is 13.2 Å². The Bertz CT molecular complexity index is 1080. The van der Waals surface area contributed by atoms with Crippen molar-refractivity contribution in [2.24, 2.45) is 0 Å². The normalized spacial score (nSPS) is 17.1. The van der Waals surface area contributed by atoms with Crippen LogP contribution < -0.4 is 10.6 Å². The topological polar surface area (TPSA) is 118 Å². The fraction of sp³-hybridized carbons (Fsp3) is 0.583. The van der Waals surface area contributed by atoms with Crippen LogP contribution in [0, 0.1) is 0 Å². The van der Waals surface area contributed by atoms with Gasteiger partial charge in [0, 0.05) is 44.3 Å². The van der Waals surface area contributed by atoms with E-state index in [4.69, 9.17) is 4.74 Å². The Labute approximate surface area is 206 Å². The zero-order valence-corrected chi connectivity index (χ0v) is 19.8. The van der Waals surface area contributed by atoms with E-state index in [1.165, 1.54) is 5.56 Å². The number of carboxylic acid groups (broad SMARTS) is 1. The lowest BCUT2D eigenvalue weighted by Crippen LogP contribution is -2.48. The molecule has 4 rings (SSSR count). The van der Waals surface area contributed by atoms with E-state index < -0.39 is 35.5 Å². The molecule has 1 fully saturated rings. The molecule has 3 N–H and O–H groups in total. The number of unbranched alkanes of at least 4 members (excludes halogenated alkanes) is 1. The minimum absolute atomic E-state index is 0.00522. The number of alkyl halides is 3. The maximum atomic E-state index is 13.2. The van der Waals surface area contributed by atoms with Crippen LogP contribution in [0.5, 0.6) is 0 Å². The highest BCUT2D eigenvalue weighted by Gasteiger charge is 2.55. The molecule has 1 atom stereocenters. The summed E-state index contributed by atoms with van der Waals surface area (Å²) in [6.07, 6.45) is 2.32. The third-order valence-corrected chi connectivity index (χ3v) is 6.58. The summed E-state index contributed by atoms with van der Waals surface area (Å²) in [5, 5.41) is 15.2.